The lowest BCUT2D eigenvalue weighted by atomic mass is 10.1. The lowest BCUT2D eigenvalue weighted by Gasteiger charge is -2.22. The minimum absolute atomic E-state index is 0.154. The molecule has 2 atom stereocenters. The monoisotopic (exact) mass is 446 g/mol. The largest absolute Gasteiger partial charge is 0.480 e. The highest BCUT2D eigenvalue weighted by atomic mass is 32.2. The van der Waals surface area contributed by atoms with Gasteiger partial charge in [0.15, 0.2) is 21.8 Å². The number of carbonyl (C=O) groups is 1. The van der Waals surface area contributed by atoms with Crippen LogP contribution in [0.3, 0.4) is 0 Å². The van der Waals surface area contributed by atoms with E-state index in [0.717, 1.165) is 31.4 Å². The fourth-order valence-electron chi connectivity index (χ4n) is 3.14. The summed E-state index contributed by atoms with van der Waals surface area (Å²) < 4.78 is 73.1. The van der Waals surface area contributed by atoms with Crippen LogP contribution in [0.1, 0.15) is 41.3 Å². The molecule has 3 rings (SSSR count). The number of alkyl halides is 3. The van der Waals surface area contributed by atoms with Gasteiger partial charge in [-0.3, -0.25) is 4.79 Å². The zero-order valence-corrected chi connectivity index (χ0v) is 17.4. The summed E-state index contributed by atoms with van der Waals surface area (Å²) >= 11 is 0. The first-order valence-corrected chi connectivity index (χ1v) is 11.0. The number of hydrogen-bond donors (Lipinski definition) is 0. The first kappa shape index (κ1) is 22.1. The topological polar surface area (TPSA) is 89.7 Å². The van der Waals surface area contributed by atoms with Gasteiger partial charge in [0.1, 0.15) is 11.5 Å². The average Bonchev–Trinajstić information content (AvgIpc) is 3.28. The predicted molar refractivity (Wildman–Crippen MR) is 100 cm³/mol. The Balaban J connectivity index is 1.90. The number of ether oxygens (including phenoxy) is 1. The maximum atomic E-state index is 13.1. The van der Waals surface area contributed by atoms with Crippen LogP contribution in [0.5, 0.6) is 5.75 Å². The molecule has 1 saturated heterocycles. The highest BCUT2D eigenvalue weighted by molar-refractivity contribution is 7.90. The van der Waals surface area contributed by atoms with E-state index < -0.39 is 28.0 Å². The van der Waals surface area contributed by atoms with Gasteiger partial charge in [0, 0.05) is 19.3 Å². The van der Waals surface area contributed by atoms with Gasteiger partial charge >= 0.3 is 6.18 Å². The Morgan fingerprint density at radius 3 is 2.63 bits per heavy atom. The van der Waals surface area contributed by atoms with Crippen LogP contribution in [0, 0.1) is 6.92 Å². The maximum Gasteiger partial charge on any atom is 0.425 e. The summed E-state index contributed by atoms with van der Waals surface area (Å²) in [5.74, 6) is 0.0183. The summed E-state index contributed by atoms with van der Waals surface area (Å²) in [4.78, 5) is 18.5. The van der Waals surface area contributed by atoms with Gasteiger partial charge < -0.3 is 14.1 Å². The number of oxazole rings is 1. The van der Waals surface area contributed by atoms with Gasteiger partial charge in [-0.25, -0.2) is 13.4 Å². The average molecular weight is 446 g/mol. The number of rotatable bonds is 5. The van der Waals surface area contributed by atoms with E-state index in [1.54, 1.807) is 13.1 Å². The number of aromatic nitrogens is 1. The third-order valence-corrected chi connectivity index (χ3v) is 5.95. The number of carbonyl (C=O) groups excluding carboxylic acids is 1. The molecule has 7 nitrogen and oxygen atoms in total. The van der Waals surface area contributed by atoms with Gasteiger partial charge in [0.2, 0.25) is 0 Å². The van der Waals surface area contributed by atoms with Crippen molar-refractivity contribution in [1.82, 2.24) is 9.88 Å². The Morgan fingerprint density at radius 1 is 1.37 bits per heavy atom. The smallest absolute Gasteiger partial charge is 0.425 e. The molecule has 1 aliphatic rings. The lowest BCUT2D eigenvalue weighted by molar-refractivity contribution is -0.189. The molecule has 1 unspecified atom stereocenters. The second-order valence-corrected chi connectivity index (χ2v) is 9.29. The van der Waals surface area contributed by atoms with Crippen molar-refractivity contribution >= 4 is 15.7 Å². The normalized spacial score (nSPS) is 18.5. The number of halogens is 3. The standard InChI is InChI=1S/C19H21F3N2O5S/c1-11-9-23-17(28-11)13-6-7-24(10-13)18(25)15-8-14(30(3,26)27)4-5-16(15)29-12(2)19(20,21)22/h4-5,8-9,12-13H,6-7,10H2,1-3H3/t12-,13?/m0/s1. The number of nitrogens with zero attached hydrogens (tertiary/aromatic N) is 2. The molecule has 11 heteroatoms. The van der Waals surface area contributed by atoms with Crippen molar-refractivity contribution < 1.29 is 35.5 Å². The van der Waals surface area contributed by atoms with Crippen molar-refractivity contribution in [2.45, 2.75) is 43.4 Å². The van der Waals surface area contributed by atoms with Crippen LogP contribution < -0.4 is 4.74 Å². The number of aryl methyl sites for hydroxylation is 1. The van der Waals surface area contributed by atoms with Crippen LogP contribution in [-0.4, -0.2) is 55.8 Å². The number of benzene rings is 1. The van der Waals surface area contributed by atoms with Crippen molar-refractivity contribution in [1.29, 1.82) is 0 Å². The second-order valence-electron chi connectivity index (χ2n) is 7.28. The summed E-state index contributed by atoms with van der Waals surface area (Å²) in [5.41, 5.74) is -0.238. The Labute approximate surface area is 171 Å². The molecule has 30 heavy (non-hydrogen) atoms. The molecule has 1 aliphatic heterocycles. The molecule has 0 saturated carbocycles. The van der Waals surface area contributed by atoms with Crippen molar-refractivity contribution in [2.24, 2.45) is 0 Å². The molecular formula is C19H21F3N2O5S. The highest BCUT2D eigenvalue weighted by Crippen LogP contribution is 2.32. The van der Waals surface area contributed by atoms with Gasteiger partial charge in [-0.05, 0) is 38.5 Å². The van der Waals surface area contributed by atoms with E-state index in [2.05, 4.69) is 4.98 Å². The van der Waals surface area contributed by atoms with Crippen molar-refractivity contribution in [3.8, 4) is 5.75 Å². The van der Waals surface area contributed by atoms with E-state index in [-0.39, 0.29) is 28.7 Å². The van der Waals surface area contributed by atoms with E-state index in [1.807, 2.05) is 0 Å². The zero-order valence-electron chi connectivity index (χ0n) is 16.6. The summed E-state index contributed by atoms with van der Waals surface area (Å²) in [6.07, 6.45) is -3.73. The summed E-state index contributed by atoms with van der Waals surface area (Å²) in [5, 5.41) is 0. The van der Waals surface area contributed by atoms with E-state index in [4.69, 9.17) is 9.15 Å². The van der Waals surface area contributed by atoms with Gasteiger partial charge in [0.05, 0.1) is 22.6 Å². The summed E-state index contributed by atoms with van der Waals surface area (Å²) in [6, 6.07) is 3.25. The molecule has 0 aliphatic carbocycles. The third-order valence-electron chi connectivity index (χ3n) is 4.84. The van der Waals surface area contributed by atoms with E-state index in [0.29, 0.717) is 24.6 Å². The van der Waals surface area contributed by atoms with Gasteiger partial charge in [-0.1, -0.05) is 0 Å². The van der Waals surface area contributed by atoms with Gasteiger partial charge in [-0.2, -0.15) is 13.2 Å². The molecule has 1 aromatic carbocycles. The second kappa shape index (κ2) is 7.93. The minimum atomic E-state index is -4.64. The Hall–Kier alpha value is -2.56. The fourth-order valence-corrected chi connectivity index (χ4v) is 3.79. The van der Waals surface area contributed by atoms with Crippen LogP contribution in [0.2, 0.25) is 0 Å². The molecule has 2 heterocycles. The number of amides is 1. The molecule has 0 spiro atoms. The molecule has 0 N–H and O–H groups in total. The zero-order chi connectivity index (χ0) is 22.3. The van der Waals surface area contributed by atoms with E-state index in [1.165, 1.54) is 4.90 Å². The number of sulfone groups is 1. The molecule has 0 bridgehead atoms. The summed E-state index contributed by atoms with van der Waals surface area (Å²) in [7, 11) is -3.68. The molecule has 0 radical (unpaired) electrons. The van der Waals surface area contributed by atoms with Crippen molar-refractivity contribution in [2.75, 3.05) is 19.3 Å². The molecule has 1 amide bonds. The molecule has 1 aromatic heterocycles. The van der Waals surface area contributed by atoms with Crippen LogP contribution in [0.4, 0.5) is 13.2 Å². The van der Waals surface area contributed by atoms with Gasteiger partial charge in [0.25, 0.3) is 5.91 Å². The SMILES string of the molecule is Cc1cnc(C2CCN(C(=O)c3cc(S(C)(=O)=O)ccc3O[C@@H](C)C(F)(F)F)C2)o1. The molecule has 1 fully saturated rings. The van der Waals surface area contributed by atoms with Crippen molar-refractivity contribution in [3.05, 3.63) is 41.6 Å². The fraction of sp³-hybridized carbons (Fsp3) is 0.474. The quantitative estimate of drug-likeness (QED) is 0.700. The molecule has 164 valence electrons. The number of hydrogen-bond acceptors (Lipinski definition) is 6. The first-order valence-electron chi connectivity index (χ1n) is 9.15. The minimum Gasteiger partial charge on any atom is -0.480 e. The molecular weight excluding hydrogens is 425 g/mol. The highest BCUT2D eigenvalue weighted by Gasteiger charge is 2.39. The van der Waals surface area contributed by atoms with Crippen LogP contribution in [-0.2, 0) is 9.84 Å². The van der Waals surface area contributed by atoms with Crippen LogP contribution in [0.25, 0.3) is 0 Å². The van der Waals surface area contributed by atoms with Gasteiger partial charge in [-0.15, -0.1) is 0 Å². The van der Waals surface area contributed by atoms with E-state index in [9.17, 15) is 26.4 Å². The van der Waals surface area contributed by atoms with E-state index >= 15 is 0 Å². The summed E-state index contributed by atoms with van der Waals surface area (Å²) in [6.45, 7) is 3.13. The third kappa shape index (κ3) is 4.77. The van der Waals surface area contributed by atoms with Crippen molar-refractivity contribution in [3.63, 3.8) is 0 Å². The van der Waals surface area contributed by atoms with Crippen LogP contribution >= 0.6 is 0 Å². The first-order chi connectivity index (χ1) is 13.9. The Kier molecular flexibility index (Phi) is 5.85. The van der Waals surface area contributed by atoms with Crippen LogP contribution in [0.15, 0.2) is 33.7 Å². The molecule has 2 aromatic rings. The lowest BCUT2D eigenvalue weighted by Crippen LogP contribution is -2.33. The number of likely N-dealkylation sites (tertiary alicyclic amines) is 1. The maximum absolute atomic E-state index is 13.1. The predicted octanol–water partition coefficient (Wildman–Crippen LogP) is 3.35. The Morgan fingerprint density at radius 2 is 2.07 bits per heavy atom. The Bertz CT molecular complexity index is 1050.